The van der Waals surface area contributed by atoms with Gasteiger partial charge < -0.3 is 4.74 Å². The first-order chi connectivity index (χ1) is 12.1. The Morgan fingerprint density at radius 1 is 1.04 bits per heavy atom. The quantitative estimate of drug-likeness (QED) is 0.535. The summed E-state index contributed by atoms with van der Waals surface area (Å²) in [7, 11) is 0. The fourth-order valence-electron chi connectivity index (χ4n) is 2.46. The van der Waals surface area contributed by atoms with E-state index in [9.17, 15) is 9.59 Å². The smallest absolute Gasteiger partial charge is 0.333 e. The summed E-state index contributed by atoms with van der Waals surface area (Å²) in [6.07, 6.45) is 0. The van der Waals surface area contributed by atoms with Crippen LogP contribution in [0.5, 0.6) is 0 Å². The lowest BCUT2D eigenvalue weighted by Gasteiger charge is -2.31. The lowest BCUT2D eigenvalue weighted by molar-refractivity contribution is -0.146. The van der Waals surface area contributed by atoms with Gasteiger partial charge in [0.05, 0.1) is 6.61 Å². The molecule has 0 aliphatic heterocycles. The average Bonchev–Trinajstić information content (AvgIpc) is 2.66. The number of halogens is 2. The Kier molecular flexibility index (Phi) is 7.29. The van der Waals surface area contributed by atoms with E-state index < -0.39 is 23.3 Å². The van der Waals surface area contributed by atoms with Gasteiger partial charge in [0.15, 0.2) is 6.04 Å². The van der Waals surface area contributed by atoms with Crippen LogP contribution in [-0.4, -0.2) is 29.7 Å². The zero-order valence-corrected chi connectivity index (χ0v) is 15.3. The number of carbonyl (C=O) groups excluding carboxylic acids is 2. The zero-order chi connectivity index (χ0) is 18.2. The lowest BCUT2D eigenvalue weighted by atomic mass is 10.0. The molecular formula is C19H19Cl2NO3. The first kappa shape index (κ1) is 19.3. The summed E-state index contributed by atoms with van der Waals surface area (Å²) in [6, 6.07) is 16.9. The number of hydrogen-bond acceptors (Lipinski definition) is 3. The first-order valence-electron chi connectivity index (χ1n) is 7.89. The van der Waals surface area contributed by atoms with Gasteiger partial charge in [0.25, 0.3) is 0 Å². The van der Waals surface area contributed by atoms with Gasteiger partial charge in [-0.3, -0.25) is 9.69 Å². The van der Waals surface area contributed by atoms with Crippen LogP contribution in [0.1, 0.15) is 18.5 Å². The summed E-state index contributed by atoms with van der Waals surface area (Å²) in [4.78, 5) is 26.9. The molecule has 1 amide bonds. The van der Waals surface area contributed by atoms with Gasteiger partial charge in [-0.1, -0.05) is 48.5 Å². The predicted molar refractivity (Wildman–Crippen MR) is 100 cm³/mol. The highest BCUT2D eigenvalue weighted by atomic mass is 35.5. The minimum Gasteiger partial charge on any atom is -0.464 e. The third kappa shape index (κ3) is 4.74. The van der Waals surface area contributed by atoms with Gasteiger partial charge in [-0.05, 0) is 24.6 Å². The summed E-state index contributed by atoms with van der Waals surface area (Å²) in [5.74, 6) is -1.04. The number of anilines is 1. The Hall–Kier alpha value is -2.04. The van der Waals surface area contributed by atoms with Crippen LogP contribution in [0.15, 0.2) is 60.7 Å². The number of ether oxygens (including phenoxy) is 1. The Morgan fingerprint density at radius 3 is 2.12 bits per heavy atom. The molecule has 0 saturated heterocycles. The molecule has 2 aromatic rings. The first-order valence-corrected chi connectivity index (χ1v) is 8.87. The second-order valence-electron chi connectivity index (χ2n) is 5.23. The van der Waals surface area contributed by atoms with Crippen LogP contribution in [0.2, 0.25) is 0 Å². The van der Waals surface area contributed by atoms with Crippen molar-refractivity contribution >= 4 is 40.8 Å². The minimum absolute atomic E-state index is 0.0615. The average molecular weight is 380 g/mol. The molecule has 0 aromatic heterocycles. The fraction of sp³-hybridized carbons (Fsp3) is 0.263. The number of amides is 1. The van der Waals surface area contributed by atoms with Gasteiger partial charge in [0.2, 0.25) is 5.91 Å². The molecule has 0 aliphatic rings. The van der Waals surface area contributed by atoms with Crippen LogP contribution >= 0.6 is 23.2 Å². The monoisotopic (exact) mass is 379 g/mol. The molecule has 2 rings (SSSR count). The minimum atomic E-state index is -0.956. The predicted octanol–water partition coefficient (Wildman–Crippen LogP) is 4.17. The molecule has 0 heterocycles. The molecule has 0 radical (unpaired) electrons. The van der Waals surface area contributed by atoms with E-state index in [2.05, 4.69) is 0 Å². The maximum absolute atomic E-state index is 12.9. The van der Waals surface area contributed by atoms with Gasteiger partial charge in [0.1, 0.15) is 5.38 Å². The SMILES string of the molecule is CCOC(=O)C(c1ccccc1)N(C(=O)C(Cl)CCl)c1ccccc1. The number of rotatable bonds is 7. The second-order valence-corrected chi connectivity index (χ2v) is 6.07. The van der Waals surface area contributed by atoms with Crippen molar-refractivity contribution in [3.05, 3.63) is 66.2 Å². The number of para-hydroxylation sites is 1. The zero-order valence-electron chi connectivity index (χ0n) is 13.8. The van der Waals surface area contributed by atoms with E-state index in [1.807, 2.05) is 12.1 Å². The molecule has 4 nitrogen and oxygen atoms in total. The van der Waals surface area contributed by atoms with E-state index in [1.54, 1.807) is 55.5 Å². The van der Waals surface area contributed by atoms with E-state index in [-0.39, 0.29) is 12.5 Å². The van der Waals surface area contributed by atoms with Crippen molar-refractivity contribution in [1.82, 2.24) is 0 Å². The molecule has 6 heteroatoms. The fourth-order valence-corrected chi connectivity index (χ4v) is 2.69. The highest BCUT2D eigenvalue weighted by Crippen LogP contribution is 2.30. The van der Waals surface area contributed by atoms with Crippen molar-refractivity contribution in [1.29, 1.82) is 0 Å². The second kappa shape index (κ2) is 9.44. The maximum atomic E-state index is 12.9. The van der Waals surface area contributed by atoms with Gasteiger partial charge in [-0.25, -0.2) is 4.79 Å². The highest BCUT2D eigenvalue weighted by molar-refractivity contribution is 6.37. The van der Waals surface area contributed by atoms with E-state index >= 15 is 0 Å². The largest absolute Gasteiger partial charge is 0.464 e. The van der Waals surface area contributed by atoms with E-state index in [0.717, 1.165) is 0 Å². The summed E-state index contributed by atoms with van der Waals surface area (Å²) in [5, 5.41) is -0.956. The van der Waals surface area contributed by atoms with Crippen molar-refractivity contribution < 1.29 is 14.3 Å². The number of hydrogen-bond donors (Lipinski definition) is 0. The normalized spacial score (nSPS) is 12.9. The lowest BCUT2D eigenvalue weighted by Crippen LogP contribution is -2.44. The van der Waals surface area contributed by atoms with Crippen LogP contribution in [0, 0.1) is 0 Å². The van der Waals surface area contributed by atoms with Gasteiger partial charge in [-0.15, -0.1) is 23.2 Å². The summed E-state index contributed by atoms with van der Waals surface area (Å²) >= 11 is 11.9. The number of nitrogens with zero attached hydrogens (tertiary/aromatic N) is 1. The molecule has 0 fully saturated rings. The van der Waals surface area contributed by atoms with Gasteiger partial charge >= 0.3 is 5.97 Å². The van der Waals surface area contributed by atoms with Crippen LogP contribution in [0.4, 0.5) is 5.69 Å². The van der Waals surface area contributed by atoms with Crippen molar-refractivity contribution in [2.45, 2.75) is 18.3 Å². The third-order valence-electron chi connectivity index (χ3n) is 3.56. The molecule has 0 aliphatic carbocycles. The highest BCUT2D eigenvalue weighted by Gasteiger charge is 2.36. The molecule has 0 saturated carbocycles. The number of esters is 1. The van der Waals surface area contributed by atoms with Crippen LogP contribution < -0.4 is 4.90 Å². The number of alkyl halides is 2. The Morgan fingerprint density at radius 2 is 1.60 bits per heavy atom. The molecule has 0 spiro atoms. The standard InChI is InChI=1S/C19H19Cl2NO3/c1-2-25-19(24)17(14-9-5-3-6-10-14)22(18(23)16(21)13-20)15-11-7-4-8-12-15/h3-12,16-17H,2,13H2,1H3. The van der Waals surface area contributed by atoms with E-state index in [1.165, 1.54) is 4.90 Å². The Labute approximate surface area is 157 Å². The van der Waals surface area contributed by atoms with Crippen molar-refractivity contribution in [2.24, 2.45) is 0 Å². The molecule has 2 unspecified atom stereocenters. The molecule has 132 valence electrons. The number of carbonyl (C=O) groups is 2. The molecule has 0 N–H and O–H groups in total. The van der Waals surface area contributed by atoms with Gasteiger partial charge in [0, 0.05) is 11.6 Å². The maximum Gasteiger partial charge on any atom is 0.333 e. The van der Waals surface area contributed by atoms with E-state index in [0.29, 0.717) is 11.3 Å². The van der Waals surface area contributed by atoms with E-state index in [4.69, 9.17) is 27.9 Å². The number of benzene rings is 2. The Bertz CT molecular complexity index is 694. The van der Waals surface area contributed by atoms with Gasteiger partial charge in [-0.2, -0.15) is 0 Å². The summed E-state index contributed by atoms with van der Waals surface area (Å²) < 4.78 is 5.22. The van der Waals surface area contributed by atoms with Crippen molar-refractivity contribution in [3.63, 3.8) is 0 Å². The Balaban J connectivity index is 2.56. The molecule has 2 aromatic carbocycles. The topological polar surface area (TPSA) is 46.6 Å². The molecule has 25 heavy (non-hydrogen) atoms. The van der Waals surface area contributed by atoms with Crippen molar-refractivity contribution in [2.75, 3.05) is 17.4 Å². The van der Waals surface area contributed by atoms with Crippen LogP contribution in [-0.2, 0) is 14.3 Å². The molecular weight excluding hydrogens is 361 g/mol. The van der Waals surface area contributed by atoms with Crippen molar-refractivity contribution in [3.8, 4) is 0 Å². The molecule has 2 atom stereocenters. The van der Waals surface area contributed by atoms with Crippen LogP contribution in [0.3, 0.4) is 0 Å². The molecule has 0 bridgehead atoms. The third-order valence-corrected chi connectivity index (χ3v) is 4.37. The summed E-state index contributed by atoms with van der Waals surface area (Å²) in [6.45, 7) is 1.93. The van der Waals surface area contributed by atoms with Crippen LogP contribution in [0.25, 0.3) is 0 Å². The summed E-state index contributed by atoms with van der Waals surface area (Å²) in [5.41, 5.74) is 1.18.